The summed E-state index contributed by atoms with van der Waals surface area (Å²) in [6.07, 6.45) is 8.98. The molecule has 1 aliphatic rings. The maximum Gasteiger partial charge on any atom is 0.290 e. The Bertz CT molecular complexity index is 652. The Morgan fingerprint density at radius 2 is 1.81 bits per heavy atom. The number of hydrogen-bond acceptors (Lipinski definition) is 1. The number of nitrogens with zero attached hydrogens (tertiary/aromatic N) is 1. The lowest BCUT2D eigenvalue weighted by Crippen LogP contribution is -2.40. The molecular formula is C17H18IN2O+. The molecule has 0 radical (unpaired) electrons. The predicted molar refractivity (Wildman–Crippen MR) is 91.1 cm³/mol. The molecule has 0 saturated heterocycles. The second-order valence-corrected chi connectivity index (χ2v) is 6.68. The topological polar surface area (TPSA) is 33.0 Å². The van der Waals surface area contributed by atoms with Crippen molar-refractivity contribution in [3.63, 3.8) is 0 Å². The molecule has 0 spiro atoms. The van der Waals surface area contributed by atoms with E-state index in [-0.39, 0.29) is 5.91 Å². The lowest BCUT2D eigenvalue weighted by atomic mass is 9.93. The summed E-state index contributed by atoms with van der Waals surface area (Å²) in [5.41, 5.74) is 3.68. The normalized spacial score (nSPS) is 13.6. The van der Waals surface area contributed by atoms with Crippen LogP contribution in [0.1, 0.15) is 24.0 Å². The molecule has 0 fully saturated rings. The van der Waals surface area contributed by atoms with Crippen LogP contribution in [-0.4, -0.2) is 5.91 Å². The first-order valence-electron chi connectivity index (χ1n) is 7.27. The smallest absolute Gasteiger partial charge is 0.290 e. The molecule has 1 N–H and O–H groups in total. The highest BCUT2D eigenvalue weighted by Crippen LogP contribution is 2.18. The molecule has 2 aromatic rings. The first-order valence-corrected chi connectivity index (χ1v) is 8.35. The average Bonchev–Trinajstić information content (AvgIpc) is 2.49. The van der Waals surface area contributed by atoms with Gasteiger partial charge >= 0.3 is 0 Å². The maximum atomic E-state index is 12.1. The number of carbonyl (C=O) groups excluding carboxylic acids is 1. The molecule has 0 bridgehead atoms. The predicted octanol–water partition coefficient (Wildman–Crippen LogP) is 3.10. The van der Waals surface area contributed by atoms with Gasteiger partial charge in [0.2, 0.25) is 6.54 Å². The lowest BCUT2D eigenvalue weighted by molar-refractivity contribution is -0.684. The number of aryl methyl sites for hydroxylation is 2. The number of hydrogen-bond donors (Lipinski definition) is 1. The van der Waals surface area contributed by atoms with Gasteiger partial charge in [0.25, 0.3) is 5.91 Å². The zero-order chi connectivity index (χ0) is 14.7. The van der Waals surface area contributed by atoms with E-state index in [1.807, 2.05) is 35.0 Å². The largest absolute Gasteiger partial charge is 0.321 e. The van der Waals surface area contributed by atoms with E-state index in [0.717, 1.165) is 15.7 Å². The number of rotatable bonds is 3. The molecule has 1 aliphatic carbocycles. The van der Waals surface area contributed by atoms with Crippen LogP contribution in [0, 0.1) is 3.57 Å². The van der Waals surface area contributed by atoms with Gasteiger partial charge in [-0.1, -0.05) is 0 Å². The number of nitrogens with one attached hydrogen (secondary N) is 1. The average molecular weight is 393 g/mol. The monoisotopic (exact) mass is 393 g/mol. The van der Waals surface area contributed by atoms with Gasteiger partial charge in [0.15, 0.2) is 12.4 Å². The molecule has 3 nitrogen and oxygen atoms in total. The summed E-state index contributed by atoms with van der Waals surface area (Å²) in [6, 6.07) is 9.99. The summed E-state index contributed by atoms with van der Waals surface area (Å²) in [4.78, 5) is 12.1. The first-order chi connectivity index (χ1) is 10.2. The third-order valence-corrected chi connectivity index (χ3v) is 4.52. The highest BCUT2D eigenvalue weighted by Gasteiger charge is 2.15. The molecule has 1 aromatic carbocycles. The van der Waals surface area contributed by atoms with Crippen molar-refractivity contribution in [3.05, 3.63) is 57.4 Å². The number of fused-ring (bicyclic) bond motifs is 1. The maximum absolute atomic E-state index is 12.1. The summed E-state index contributed by atoms with van der Waals surface area (Å²) in [6.45, 7) is 0.360. The molecule has 108 valence electrons. The van der Waals surface area contributed by atoms with E-state index in [2.05, 4.69) is 40.2 Å². The minimum Gasteiger partial charge on any atom is -0.321 e. The molecule has 1 aromatic heterocycles. The van der Waals surface area contributed by atoms with Crippen molar-refractivity contribution in [1.82, 2.24) is 0 Å². The SMILES string of the molecule is O=C(C[n+]1ccc2c(c1)CCCC2)Nc1ccc(I)cc1. The van der Waals surface area contributed by atoms with Crippen LogP contribution in [0.5, 0.6) is 0 Å². The van der Waals surface area contributed by atoms with Gasteiger partial charge in [0.05, 0.1) is 0 Å². The van der Waals surface area contributed by atoms with E-state index in [0.29, 0.717) is 6.54 Å². The molecule has 1 amide bonds. The van der Waals surface area contributed by atoms with Crippen LogP contribution >= 0.6 is 22.6 Å². The summed E-state index contributed by atoms with van der Waals surface area (Å²) < 4.78 is 3.14. The van der Waals surface area contributed by atoms with Gasteiger partial charge in [-0.2, -0.15) is 4.57 Å². The number of halogens is 1. The number of carbonyl (C=O) groups is 1. The van der Waals surface area contributed by atoms with Crippen LogP contribution in [0.25, 0.3) is 0 Å². The zero-order valence-electron chi connectivity index (χ0n) is 11.8. The molecule has 0 unspecified atom stereocenters. The Morgan fingerprint density at radius 1 is 1.10 bits per heavy atom. The highest BCUT2D eigenvalue weighted by atomic mass is 127. The molecule has 3 rings (SSSR count). The molecule has 1 heterocycles. The fourth-order valence-electron chi connectivity index (χ4n) is 2.72. The van der Waals surface area contributed by atoms with E-state index < -0.39 is 0 Å². The van der Waals surface area contributed by atoms with Crippen molar-refractivity contribution < 1.29 is 9.36 Å². The molecule has 4 heteroatoms. The van der Waals surface area contributed by atoms with E-state index >= 15 is 0 Å². The molecule has 0 aliphatic heterocycles. The van der Waals surface area contributed by atoms with Crippen molar-refractivity contribution >= 4 is 34.2 Å². The highest BCUT2D eigenvalue weighted by molar-refractivity contribution is 14.1. The third kappa shape index (κ3) is 3.81. The van der Waals surface area contributed by atoms with Crippen molar-refractivity contribution in [2.45, 2.75) is 32.2 Å². The van der Waals surface area contributed by atoms with Gasteiger partial charge < -0.3 is 5.32 Å². The fourth-order valence-corrected chi connectivity index (χ4v) is 3.08. The zero-order valence-corrected chi connectivity index (χ0v) is 14.0. The van der Waals surface area contributed by atoms with Crippen LogP contribution in [0.15, 0.2) is 42.7 Å². The Labute approximate surface area is 138 Å². The van der Waals surface area contributed by atoms with E-state index in [4.69, 9.17) is 0 Å². The molecular weight excluding hydrogens is 375 g/mol. The summed E-state index contributed by atoms with van der Waals surface area (Å²) in [5, 5.41) is 2.93. The van der Waals surface area contributed by atoms with E-state index in [1.54, 1.807) is 0 Å². The Kier molecular flexibility index (Phi) is 4.53. The van der Waals surface area contributed by atoms with Crippen LogP contribution in [0.3, 0.4) is 0 Å². The molecule has 0 saturated carbocycles. The van der Waals surface area contributed by atoms with Crippen molar-refractivity contribution in [2.75, 3.05) is 5.32 Å². The summed E-state index contributed by atoms with van der Waals surface area (Å²) in [7, 11) is 0. The van der Waals surface area contributed by atoms with Crippen LogP contribution in [0.2, 0.25) is 0 Å². The van der Waals surface area contributed by atoms with Crippen LogP contribution < -0.4 is 9.88 Å². The molecule has 21 heavy (non-hydrogen) atoms. The number of benzene rings is 1. The van der Waals surface area contributed by atoms with Gasteiger partial charge in [-0.15, -0.1) is 0 Å². The Morgan fingerprint density at radius 3 is 2.57 bits per heavy atom. The Balaban J connectivity index is 1.65. The number of anilines is 1. The van der Waals surface area contributed by atoms with Crippen molar-refractivity contribution in [3.8, 4) is 0 Å². The lowest BCUT2D eigenvalue weighted by Gasteiger charge is -2.13. The standard InChI is InChI=1S/C17H17IN2O/c18-15-5-7-16(8-6-15)19-17(21)12-20-10-9-13-3-1-2-4-14(13)11-20/h5-11H,1-4,12H2/p+1. The Hall–Kier alpha value is -1.43. The van der Waals surface area contributed by atoms with Crippen LogP contribution in [0.4, 0.5) is 5.69 Å². The van der Waals surface area contributed by atoms with Crippen LogP contribution in [-0.2, 0) is 24.2 Å². The van der Waals surface area contributed by atoms with Gasteiger partial charge in [-0.05, 0) is 78.1 Å². The summed E-state index contributed by atoms with van der Waals surface area (Å²) >= 11 is 2.25. The fraction of sp³-hybridized carbons (Fsp3) is 0.294. The van der Waals surface area contributed by atoms with Gasteiger partial charge in [0, 0.05) is 20.9 Å². The number of aromatic nitrogens is 1. The van der Waals surface area contributed by atoms with E-state index in [9.17, 15) is 4.79 Å². The number of amides is 1. The third-order valence-electron chi connectivity index (χ3n) is 3.80. The molecule has 0 atom stereocenters. The quantitative estimate of drug-likeness (QED) is 0.631. The minimum absolute atomic E-state index is 0.0111. The number of pyridine rings is 1. The van der Waals surface area contributed by atoms with Crippen molar-refractivity contribution in [2.24, 2.45) is 0 Å². The second-order valence-electron chi connectivity index (χ2n) is 5.43. The minimum atomic E-state index is 0.0111. The van der Waals surface area contributed by atoms with Crippen molar-refractivity contribution in [1.29, 1.82) is 0 Å². The van der Waals surface area contributed by atoms with E-state index in [1.165, 1.54) is 30.4 Å². The van der Waals surface area contributed by atoms with Gasteiger partial charge in [0.1, 0.15) is 0 Å². The van der Waals surface area contributed by atoms with Gasteiger partial charge in [-0.3, -0.25) is 4.79 Å². The second kappa shape index (κ2) is 6.56. The summed E-state index contributed by atoms with van der Waals surface area (Å²) in [5.74, 6) is 0.0111. The van der Waals surface area contributed by atoms with Gasteiger partial charge in [-0.25, -0.2) is 0 Å². The first kappa shape index (κ1) is 14.5.